The number of aromatic amines is 1. The number of amides is 1. The highest BCUT2D eigenvalue weighted by Crippen LogP contribution is 2.30. The molecule has 0 saturated heterocycles. The highest BCUT2D eigenvalue weighted by Gasteiger charge is 2.36. The third kappa shape index (κ3) is 8.11. The Balaban J connectivity index is 1.62. The summed E-state index contributed by atoms with van der Waals surface area (Å²) in [6.07, 6.45) is 0.441. The maximum atomic E-state index is 12.9. The molecule has 0 fully saturated rings. The molecule has 2 aromatic rings. The maximum absolute atomic E-state index is 12.9. The number of fused-ring (bicyclic) bond motifs is 1. The Bertz CT molecular complexity index is 1370. The minimum atomic E-state index is -1.85. The molecule has 10 N–H and O–H groups in total. The number of benzene rings is 1. The van der Waals surface area contributed by atoms with Gasteiger partial charge in [-0.05, 0) is 49.8 Å². The number of aliphatic carboxylic acids is 3. The first-order chi connectivity index (χ1) is 19.4. The monoisotopic (exact) mass is 572 g/mol. The zero-order chi connectivity index (χ0) is 30.3. The minimum absolute atomic E-state index is 0.0214. The van der Waals surface area contributed by atoms with E-state index < -0.39 is 66.9 Å². The number of nitrogens with one attached hydrogen (secondary N) is 3. The molecule has 2 heterocycles. The average Bonchev–Trinajstić information content (AvgIpc) is 3.31. The fraction of sp³-hybridized carbons (Fsp3) is 0.423. The number of nitrogens with zero attached hydrogens (tertiary/aromatic N) is 1. The Labute approximate surface area is 233 Å². The lowest BCUT2D eigenvalue weighted by Gasteiger charge is -2.22. The van der Waals surface area contributed by atoms with Crippen molar-refractivity contribution in [1.29, 1.82) is 0 Å². The van der Waals surface area contributed by atoms with Crippen molar-refractivity contribution >= 4 is 41.4 Å². The SMILES string of the molecule is Nc1nc2c(c(=O)[nH]1)C(CCCc1ccc(C(=O)N[C@@H](CCC(=O)O)C(=O)C(C[C@H](N)C(=O)O)C(=O)O)cc1)CN2. The topological polar surface area (TPSA) is 268 Å². The number of hydrogen-bond acceptors (Lipinski definition) is 10. The number of carbonyl (C=O) groups is 5. The Kier molecular flexibility index (Phi) is 10.1. The minimum Gasteiger partial charge on any atom is -0.481 e. The number of nitrogen functional groups attached to an aromatic ring is 1. The molecule has 1 aliphatic heterocycles. The van der Waals surface area contributed by atoms with Crippen molar-refractivity contribution in [2.24, 2.45) is 11.7 Å². The molecule has 1 aliphatic rings. The van der Waals surface area contributed by atoms with Crippen LogP contribution in [0.3, 0.4) is 0 Å². The Hall–Kier alpha value is -4.79. The van der Waals surface area contributed by atoms with E-state index in [1.54, 1.807) is 12.1 Å². The van der Waals surface area contributed by atoms with Crippen LogP contribution in [0.15, 0.2) is 29.1 Å². The molecular formula is C26H32N6O9. The van der Waals surface area contributed by atoms with E-state index in [4.69, 9.17) is 21.7 Å². The largest absolute Gasteiger partial charge is 0.481 e. The van der Waals surface area contributed by atoms with Gasteiger partial charge in [-0.3, -0.25) is 33.8 Å². The number of carboxylic acids is 3. The zero-order valence-corrected chi connectivity index (χ0v) is 22.0. The number of rotatable bonds is 15. The van der Waals surface area contributed by atoms with Gasteiger partial charge >= 0.3 is 17.9 Å². The number of ketones is 1. The lowest BCUT2D eigenvalue weighted by molar-refractivity contribution is -0.148. The molecule has 1 aromatic carbocycles. The third-order valence-corrected chi connectivity index (χ3v) is 6.88. The number of aromatic nitrogens is 2. The number of Topliss-reactive ketones (excluding diaryl/α,β-unsaturated/α-hetero) is 1. The van der Waals surface area contributed by atoms with Gasteiger partial charge in [0.2, 0.25) is 5.95 Å². The van der Waals surface area contributed by atoms with E-state index >= 15 is 0 Å². The summed E-state index contributed by atoms with van der Waals surface area (Å²) in [6.45, 7) is 0.570. The number of anilines is 2. The molecule has 3 rings (SSSR count). The van der Waals surface area contributed by atoms with Gasteiger partial charge in [-0.25, -0.2) is 0 Å². The smallest absolute Gasteiger partial charge is 0.320 e. The lowest BCUT2D eigenvalue weighted by atomic mass is 9.89. The molecule has 0 radical (unpaired) electrons. The zero-order valence-electron chi connectivity index (χ0n) is 22.0. The van der Waals surface area contributed by atoms with E-state index in [-0.39, 0.29) is 23.0 Å². The quantitative estimate of drug-likeness (QED) is 0.130. The van der Waals surface area contributed by atoms with Gasteiger partial charge in [0.25, 0.3) is 11.5 Å². The molecule has 41 heavy (non-hydrogen) atoms. The normalized spacial score (nSPS) is 16.1. The number of carboxylic acid groups (broad SMARTS) is 3. The first kappa shape index (κ1) is 30.7. The molecule has 1 amide bonds. The van der Waals surface area contributed by atoms with Crippen LogP contribution in [0.4, 0.5) is 11.8 Å². The van der Waals surface area contributed by atoms with Gasteiger partial charge in [0, 0.05) is 24.4 Å². The van der Waals surface area contributed by atoms with Crippen LogP contribution in [-0.2, 0) is 25.6 Å². The van der Waals surface area contributed by atoms with Crippen molar-refractivity contribution in [3.63, 3.8) is 0 Å². The van der Waals surface area contributed by atoms with Crippen molar-refractivity contribution in [1.82, 2.24) is 15.3 Å². The second kappa shape index (κ2) is 13.5. The summed E-state index contributed by atoms with van der Waals surface area (Å²) in [4.78, 5) is 78.5. The van der Waals surface area contributed by atoms with E-state index in [0.29, 0.717) is 30.8 Å². The molecule has 0 aliphatic carbocycles. The van der Waals surface area contributed by atoms with Crippen LogP contribution in [0.25, 0.3) is 0 Å². The number of H-pyrrole nitrogens is 1. The second-order valence-electron chi connectivity index (χ2n) is 9.81. The van der Waals surface area contributed by atoms with E-state index in [1.807, 2.05) is 0 Å². The third-order valence-electron chi connectivity index (χ3n) is 6.88. The van der Waals surface area contributed by atoms with Gasteiger partial charge in [-0.1, -0.05) is 12.1 Å². The van der Waals surface area contributed by atoms with Gasteiger partial charge in [-0.2, -0.15) is 4.98 Å². The number of hydrogen-bond donors (Lipinski definition) is 8. The van der Waals surface area contributed by atoms with Crippen LogP contribution >= 0.6 is 0 Å². The molecular weight excluding hydrogens is 540 g/mol. The summed E-state index contributed by atoms with van der Waals surface area (Å²) in [5.74, 6) is -7.51. The molecule has 1 aromatic heterocycles. The summed E-state index contributed by atoms with van der Waals surface area (Å²) in [6, 6.07) is 3.33. The highest BCUT2D eigenvalue weighted by atomic mass is 16.4. The summed E-state index contributed by atoms with van der Waals surface area (Å²) >= 11 is 0. The molecule has 0 bridgehead atoms. The summed E-state index contributed by atoms with van der Waals surface area (Å²) in [7, 11) is 0. The first-order valence-electron chi connectivity index (χ1n) is 12.9. The predicted molar refractivity (Wildman–Crippen MR) is 144 cm³/mol. The van der Waals surface area contributed by atoms with Crippen molar-refractivity contribution in [2.45, 2.75) is 56.5 Å². The molecule has 4 atom stereocenters. The summed E-state index contributed by atoms with van der Waals surface area (Å²) in [5.41, 5.74) is 12.4. The van der Waals surface area contributed by atoms with Crippen LogP contribution in [0.2, 0.25) is 0 Å². The van der Waals surface area contributed by atoms with Crippen molar-refractivity contribution in [3.05, 3.63) is 51.3 Å². The van der Waals surface area contributed by atoms with Gasteiger partial charge < -0.3 is 37.4 Å². The van der Waals surface area contributed by atoms with Crippen LogP contribution < -0.4 is 27.7 Å². The molecule has 15 heteroatoms. The van der Waals surface area contributed by atoms with Crippen LogP contribution in [0.1, 0.15) is 59.5 Å². The highest BCUT2D eigenvalue weighted by molar-refractivity contribution is 6.04. The van der Waals surface area contributed by atoms with E-state index in [2.05, 4.69) is 20.6 Å². The second-order valence-corrected chi connectivity index (χ2v) is 9.81. The standard InChI is InChI=1S/C26H32N6O9/c27-16(25(40)41)10-15(24(38)39)20(35)17(8-9-18(33)34)30-22(36)13-6-4-12(5-7-13)2-1-3-14-11-29-21-19(14)23(37)32-26(28)31-21/h4-7,14-17H,1-3,8-11,27H2,(H,30,36)(H,33,34)(H,38,39)(H,40,41)(H4,28,29,31,32,37)/t14?,15?,16-,17-/m0/s1. The Morgan fingerprint density at radius 1 is 1.07 bits per heavy atom. The summed E-state index contributed by atoms with van der Waals surface area (Å²) in [5, 5.41) is 33.0. The van der Waals surface area contributed by atoms with Crippen LogP contribution in [0, 0.1) is 5.92 Å². The Morgan fingerprint density at radius 2 is 1.76 bits per heavy atom. The van der Waals surface area contributed by atoms with E-state index in [9.17, 15) is 33.9 Å². The van der Waals surface area contributed by atoms with Gasteiger partial charge in [0.1, 0.15) is 17.8 Å². The first-order valence-corrected chi connectivity index (χ1v) is 12.9. The maximum Gasteiger partial charge on any atom is 0.320 e. The lowest BCUT2D eigenvalue weighted by Crippen LogP contribution is -2.47. The van der Waals surface area contributed by atoms with Gasteiger partial charge in [0.15, 0.2) is 5.78 Å². The molecule has 15 nitrogen and oxygen atoms in total. The average molecular weight is 573 g/mol. The predicted octanol–water partition coefficient (Wildman–Crippen LogP) is -0.0808. The Morgan fingerprint density at radius 3 is 2.37 bits per heavy atom. The van der Waals surface area contributed by atoms with Crippen LogP contribution in [0.5, 0.6) is 0 Å². The molecule has 2 unspecified atom stereocenters. The van der Waals surface area contributed by atoms with Crippen molar-refractivity contribution in [2.75, 3.05) is 17.6 Å². The number of carbonyl (C=O) groups excluding carboxylic acids is 2. The molecule has 220 valence electrons. The number of nitrogens with two attached hydrogens (primary N) is 2. The van der Waals surface area contributed by atoms with Crippen molar-refractivity contribution in [3.8, 4) is 0 Å². The van der Waals surface area contributed by atoms with Gasteiger partial charge in [-0.15, -0.1) is 0 Å². The summed E-state index contributed by atoms with van der Waals surface area (Å²) < 4.78 is 0. The fourth-order valence-electron chi connectivity index (χ4n) is 4.69. The van der Waals surface area contributed by atoms with E-state index in [0.717, 1.165) is 12.0 Å². The molecule has 0 saturated carbocycles. The fourth-order valence-corrected chi connectivity index (χ4v) is 4.69. The van der Waals surface area contributed by atoms with E-state index in [1.165, 1.54) is 12.1 Å². The molecule has 0 spiro atoms. The van der Waals surface area contributed by atoms with Crippen molar-refractivity contribution < 1.29 is 39.3 Å². The number of aryl methyl sites for hydroxylation is 1. The van der Waals surface area contributed by atoms with Crippen LogP contribution in [-0.4, -0.2) is 73.5 Å². The van der Waals surface area contributed by atoms with Gasteiger partial charge in [0.05, 0.1) is 11.6 Å².